The van der Waals surface area contributed by atoms with Crippen molar-refractivity contribution in [2.45, 2.75) is 32.1 Å². The number of hydrogen-bond donors (Lipinski definition) is 0. The molecule has 2 aliphatic heterocycles. The molecular weight excluding hydrogens is 446 g/mol. The molecule has 0 saturated carbocycles. The van der Waals surface area contributed by atoms with Crippen LogP contribution in [-0.4, -0.2) is 81.8 Å². The minimum absolute atomic E-state index is 0.132. The number of likely N-dealkylation sites (tertiary alicyclic amines) is 1. The third-order valence-electron chi connectivity index (χ3n) is 7.20. The van der Waals surface area contributed by atoms with Crippen molar-refractivity contribution >= 4 is 17.7 Å². The minimum atomic E-state index is -0.287. The monoisotopic (exact) mass is 477 g/mol. The van der Waals surface area contributed by atoms with Crippen LogP contribution in [0.1, 0.15) is 36.5 Å². The highest BCUT2D eigenvalue weighted by Crippen LogP contribution is 2.34. The molecular formula is C26H31N5O4. The second kappa shape index (κ2) is 10.5. The van der Waals surface area contributed by atoms with E-state index in [2.05, 4.69) is 15.0 Å². The van der Waals surface area contributed by atoms with Crippen molar-refractivity contribution in [2.75, 3.05) is 39.3 Å². The van der Waals surface area contributed by atoms with Gasteiger partial charge in [0.15, 0.2) is 5.82 Å². The molecule has 0 unspecified atom stereocenters. The molecule has 5 rings (SSSR count). The molecule has 2 aromatic rings. The van der Waals surface area contributed by atoms with Gasteiger partial charge in [-0.2, -0.15) is 4.98 Å². The number of amides is 3. The zero-order chi connectivity index (χ0) is 24.2. The largest absolute Gasteiger partial charge is 0.339 e. The van der Waals surface area contributed by atoms with Crippen LogP contribution in [0.25, 0.3) is 0 Å². The van der Waals surface area contributed by atoms with Crippen molar-refractivity contribution in [3.05, 3.63) is 59.8 Å². The first-order valence-electron chi connectivity index (χ1n) is 12.4. The standard InChI is InChI=1S/C26H31N5O4/c32-24(18-31-25(33)20-9-4-5-10-21(20)26(31)34)30-15-13-29(14-16-30)12-6-11-23-27-22(28-35-23)17-19-7-2-1-3-8-19/h1-5,7-8,20-21H,6,9-18H2/t20-,21+. The highest BCUT2D eigenvalue weighted by molar-refractivity contribution is 6.07. The number of aryl methyl sites for hydroxylation is 1. The first-order chi connectivity index (χ1) is 17.1. The second-order valence-electron chi connectivity index (χ2n) is 9.51. The highest BCUT2D eigenvalue weighted by Gasteiger charge is 2.48. The van der Waals surface area contributed by atoms with Crippen molar-refractivity contribution in [1.29, 1.82) is 0 Å². The molecule has 0 bridgehead atoms. The van der Waals surface area contributed by atoms with Crippen LogP contribution in [0.5, 0.6) is 0 Å². The van der Waals surface area contributed by atoms with Gasteiger partial charge in [-0.15, -0.1) is 0 Å². The number of fused-ring (bicyclic) bond motifs is 1. The van der Waals surface area contributed by atoms with E-state index in [1.807, 2.05) is 42.5 Å². The van der Waals surface area contributed by atoms with E-state index in [9.17, 15) is 14.4 Å². The minimum Gasteiger partial charge on any atom is -0.339 e. The molecule has 2 atom stereocenters. The van der Waals surface area contributed by atoms with E-state index in [0.717, 1.165) is 38.0 Å². The topological polar surface area (TPSA) is 99.9 Å². The Kier molecular flexibility index (Phi) is 7.03. The molecule has 2 saturated heterocycles. The maximum absolute atomic E-state index is 12.8. The average molecular weight is 478 g/mol. The van der Waals surface area contributed by atoms with Gasteiger partial charge in [-0.1, -0.05) is 47.6 Å². The number of allylic oxidation sites excluding steroid dienone is 2. The van der Waals surface area contributed by atoms with E-state index in [0.29, 0.717) is 44.1 Å². The lowest BCUT2D eigenvalue weighted by Crippen LogP contribution is -2.52. The number of aromatic nitrogens is 2. The molecule has 1 aromatic heterocycles. The van der Waals surface area contributed by atoms with E-state index in [1.54, 1.807) is 4.90 Å². The molecule has 9 nitrogen and oxygen atoms in total. The fraction of sp³-hybridized carbons (Fsp3) is 0.500. The Morgan fingerprint density at radius 3 is 2.34 bits per heavy atom. The summed E-state index contributed by atoms with van der Waals surface area (Å²) in [6.45, 7) is 3.50. The third kappa shape index (κ3) is 5.35. The van der Waals surface area contributed by atoms with Crippen molar-refractivity contribution in [2.24, 2.45) is 11.8 Å². The first-order valence-corrected chi connectivity index (χ1v) is 12.4. The Balaban J connectivity index is 1.02. The first kappa shape index (κ1) is 23.4. The molecule has 1 aromatic carbocycles. The Labute approximate surface area is 204 Å². The molecule has 3 amide bonds. The van der Waals surface area contributed by atoms with Crippen molar-refractivity contribution in [1.82, 2.24) is 24.8 Å². The molecule has 35 heavy (non-hydrogen) atoms. The summed E-state index contributed by atoms with van der Waals surface area (Å²) in [5.41, 5.74) is 1.15. The Hall–Kier alpha value is -3.33. The van der Waals surface area contributed by atoms with Crippen LogP contribution in [0.4, 0.5) is 0 Å². The summed E-state index contributed by atoms with van der Waals surface area (Å²) < 4.78 is 5.39. The molecule has 9 heteroatoms. The van der Waals surface area contributed by atoms with Crippen LogP contribution in [0.15, 0.2) is 47.0 Å². The number of imide groups is 1. The van der Waals surface area contributed by atoms with Crippen LogP contribution < -0.4 is 0 Å². The lowest BCUT2D eigenvalue weighted by Gasteiger charge is -2.35. The number of rotatable bonds is 8. The number of hydrogen-bond acceptors (Lipinski definition) is 7. The van der Waals surface area contributed by atoms with Crippen molar-refractivity contribution < 1.29 is 18.9 Å². The second-order valence-corrected chi connectivity index (χ2v) is 9.51. The van der Waals surface area contributed by atoms with Gasteiger partial charge in [0.05, 0.1) is 11.8 Å². The lowest BCUT2D eigenvalue weighted by atomic mass is 9.85. The summed E-state index contributed by atoms with van der Waals surface area (Å²) in [4.78, 5) is 47.8. The third-order valence-corrected chi connectivity index (χ3v) is 7.20. The zero-order valence-corrected chi connectivity index (χ0v) is 19.8. The molecule has 3 aliphatic rings. The maximum Gasteiger partial charge on any atom is 0.242 e. The van der Waals surface area contributed by atoms with Gasteiger partial charge in [-0.3, -0.25) is 24.2 Å². The predicted octanol–water partition coefficient (Wildman–Crippen LogP) is 1.69. The van der Waals surface area contributed by atoms with E-state index in [4.69, 9.17) is 4.52 Å². The summed E-state index contributed by atoms with van der Waals surface area (Å²) >= 11 is 0. The summed E-state index contributed by atoms with van der Waals surface area (Å²) in [5, 5.41) is 4.08. The van der Waals surface area contributed by atoms with Crippen LogP contribution in [0, 0.1) is 11.8 Å². The van der Waals surface area contributed by atoms with E-state index < -0.39 is 0 Å². The molecule has 3 heterocycles. The van der Waals surface area contributed by atoms with Crippen molar-refractivity contribution in [3.63, 3.8) is 0 Å². The van der Waals surface area contributed by atoms with Crippen LogP contribution in [0.2, 0.25) is 0 Å². The number of nitrogens with zero attached hydrogens (tertiary/aromatic N) is 5. The number of benzene rings is 1. The molecule has 0 spiro atoms. The number of carbonyl (C=O) groups excluding carboxylic acids is 3. The van der Waals surface area contributed by atoms with Crippen molar-refractivity contribution in [3.8, 4) is 0 Å². The number of carbonyl (C=O) groups is 3. The summed E-state index contributed by atoms with van der Waals surface area (Å²) in [5.74, 6) is 0.253. The lowest BCUT2D eigenvalue weighted by molar-refractivity contribution is -0.147. The molecule has 0 N–H and O–H groups in total. The van der Waals surface area contributed by atoms with E-state index in [1.165, 1.54) is 4.90 Å². The van der Waals surface area contributed by atoms with Gasteiger partial charge < -0.3 is 9.42 Å². The van der Waals surface area contributed by atoms with Crippen LogP contribution in [-0.2, 0) is 27.2 Å². The summed E-state index contributed by atoms with van der Waals surface area (Å²) in [6.07, 6.45) is 7.38. The molecule has 2 fully saturated rings. The summed E-state index contributed by atoms with van der Waals surface area (Å²) in [6, 6.07) is 10.1. The van der Waals surface area contributed by atoms with Crippen LogP contribution >= 0.6 is 0 Å². The van der Waals surface area contributed by atoms with Crippen LogP contribution in [0.3, 0.4) is 0 Å². The Bertz CT molecular complexity index is 1060. The fourth-order valence-corrected chi connectivity index (χ4v) is 5.18. The Morgan fingerprint density at radius 1 is 0.971 bits per heavy atom. The van der Waals surface area contributed by atoms with E-state index >= 15 is 0 Å². The van der Waals surface area contributed by atoms with Gasteiger partial charge in [-0.05, 0) is 31.4 Å². The smallest absolute Gasteiger partial charge is 0.242 e. The molecule has 184 valence electrons. The quantitative estimate of drug-likeness (QED) is 0.421. The van der Waals surface area contributed by atoms with Gasteiger partial charge in [0.25, 0.3) is 0 Å². The maximum atomic E-state index is 12.8. The van der Waals surface area contributed by atoms with Gasteiger partial charge in [0, 0.05) is 39.0 Å². The number of piperazine rings is 1. The fourth-order valence-electron chi connectivity index (χ4n) is 5.18. The van der Waals surface area contributed by atoms with E-state index in [-0.39, 0.29) is 36.1 Å². The SMILES string of the molecule is O=C(CN1C(=O)[C@H]2CC=CC[C@H]2C1=O)N1CCN(CCCc2nc(Cc3ccccc3)no2)CC1. The summed E-state index contributed by atoms with van der Waals surface area (Å²) in [7, 11) is 0. The van der Waals surface area contributed by atoms with Gasteiger partial charge in [-0.25, -0.2) is 0 Å². The highest BCUT2D eigenvalue weighted by atomic mass is 16.5. The Morgan fingerprint density at radius 2 is 1.66 bits per heavy atom. The van der Waals surface area contributed by atoms with Gasteiger partial charge in [0.1, 0.15) is 6.54 Å². The molecule has 0 radical (unpaired) electrons. The average Bonchev–Trinajstić information content (AvgIpc) is 3.43. The predicted molar refractivity (Wildman–Crippen MR) is 127 cm³/mol. The van der Waals surface area contributed by atoms with Gasteiger partial charge >= 0.3 is 0 Å². The zero-order valence-electron chi connectivity index (χ0n) is 19.8. The molecule has 1 aliphatic carbocycles. The normalized spacial score (nSPS) is 22.6. The van der Waals surface area contributed by atoms with Gasteiger partial charge in [0.2, 0.25) is 23.6 Å².